The molecule has 1 unspecified atom stereocenters. The van der Waals surface area contributed by atoms with Crippen LogP contribution in [-0.2, 0) is 0 Å². The van der Waals surface area contributed by atoms with E-state index in [9.17, 15) is 0 Å². The van der Waals surface area contributed by atoms with E-state index in [4.69, 9.17) is 0 Å². The molecule has 1 aliphatic heterocycles. The van der Waals surface area contributed by atoms with Crippen molar-refractivity contribution in [3.05, 3.63) is 0 Å². The van der Waals surface area contributed by atoms with Gasteiger partial charge in [-0.25, -0.2) is 0 Å². The molecule has 0 bridgehead atoms. The summed E-state index contributed by atoms with van der Waals surface area (Å²) < 4.78 is 0. The van der Waals surface area contributed by atoms with Crippen LogP contribution in [0, 0.1) is 5.92 Å². The SMILES string of the molecule is CN1CCCC(NCC2CCCC2)C1. The molecule has 14 heavy (non-hydrogen) atoms. The standard InChI is InChI=1S/C12H24N2/c1-14-8-4-7-12(10-14)13-9-11-5-2-3-6-11/h11-13H,2-10H2,1H3. The Labute approximate surface area is 88.1 Å². The van der Waals surface area contributed by atoms with Gasteiger partial charge in [0.1, 0.15) is 0 Å². The average molecular weight is 196 g/mol. The highest BCUT2D eigenvalue weighted by molar-refractivity contribution is 4.78. The molecule has 2 nitrogen and oxygen atoms in total. The van der Waals surface area contributed by atoms with E-state index in [0.717, 1.165) is 12.0 Å². The molecular formula is C12H24N2. The van der Waals surface area contributed by atoms with Crippen molar-refractivity contribution in [3.8, 4) is 0 Å². The smallest absolute Gasteiger partial charge is 0.0195 e. The van der Waals surface area contributed by atoms with Gasteiger partial charge in [0.25, 0.3) is 0 Å². The fourth-order valence-corrected chi connectivity index (χ4v) is 2.88. The van der Waals surface area contributed by atoms with E-state index in [1.54, 1.807) is 0 Å². The maximum atomic E-state index is 3.75. The van der Waals surface area contributed by atoms with E-state index >= 15 is 0 Å². The largest absolute Gasteiger partial charge is 0.312 e. The third-order valence-electron chi connectivity index (χ3n) is 3.79. The van der Waals surface area contributed by atoms with E-state index in [0.29, 0.717) is 0 Å². The van der Waals surface area contributed by atoms with Crippen LogP contribution >= 0.6 is 0 Å². The molecule has 0 amide bonds. The minimum Gasteiger partial charge on any atom is -0.312 e. The number of nitrogens with one attached hydrogen (secondary N) is 1. The summed E-state index contributed by atoms with van der Waals surface area (Å²) >= 11 is 0. The lowest BCUT2D eigenvalue weighted by Gasteiger charge is -2.31. The van der Waals surface area contributed by atoms with Gasteiger partial charge in [0.2, 0.25) is 0 Å². The molecule has 0 aromatic carbocycles. The topological polar surface area (TPSA) is 15.3 Å². The van der Waals surface area contributed by atoms with Gasteiger partial charge in [-0.1, -0.05) is 12.8 Å². The van der Waals surface area contributed by atoms with Gasteiger partial charge in [0.05, 0.1) is 0 Å². The van der Waals surface area contributed by atoms with Crippen LogP contribution in [0.2, 0.25) is 0 Å². The zero-order valence-electron chi connectivity index (χ0n) is 9.47. The number of rotatable bonds is 3. The third kappa shape index (κ3) is 2.96. The molecule has 0 spiro atoms. The summed E-state index contributed by atoms with van der Waals surface area (Å²) in [5.41, 5.74) is 0. The molecule has 1 aliphatic carbocycles. The number of hydrogen-bond donors (Lipinski definition) is 1. The van der Waals surface area contributed by atoms with Gasteiger partial charge < -0.3 is 10.2 Å². The van der Waals surface area contributed by atoms with Crippen molar-refractivity contribution < 1.29 is 0 Å². The van der Waals surface area contributed by atoms with Crippen LogP contribution in [-0.4, -0.2) is 37.6 Å². The van der Waals surface area contributed by atoms with Gasteiger partial charge in [-0.15, -0.1) is 0 Å². The molecule has 1 saturated carbocycles. The highest BCUT2D eigenvalue weighted by Gasteiger charge is 2.19. The van der Waals surface area contributed by atoms with Crippen LogP contribution in [0.25, 0.3) is 0 Å². The summed E-state index contributed by atoms with van der Waals surface area (Å²) in [5, 5.41) is 3.75. The van der Waals surface area contributed by atoms with Crippen molar-refractivity contribution in [2.45, 2.75) is 44.6 Å². The minimum absolute atomic E-state index is 0.773. The number of likely N-dealkylation sites (N-methyl/N-ethyl adjacent to an activating group) is 1. The Kier molecular flexibility index (Phi) is 3.82. The molecule has 0 radical (unpaired) electrons. The Morgan fingerprint density at radius 1 is 1.14 bits per heavy atom. The van der Waals surface area contributed by atoms with Crippen molar-refractivity contribution in [1.82, 2.24) is 10.2 Å². The molecule has 2 heteroatoms. The van der Waals surface area contributed by atoms with Crippen molar-refractivity contribution in [2.75, 3.05) is 26.7 Å². The maximum absolute atomic E-state index is 3.75. The third-order valence-corrected chi connectivity index (χ3v) is 3.79. The molecular weight excluding hydrogens is 172 g/mol. The zero-order valence-corrected chi connectivity index (χ0v) is 9.47. The van der Waals surface area contributed by atoms with E-state index in [1.165, 1.54) is 58.2 Å². The lowest BCUT2D eigenvalue weighted by atomic mass is 10.0. The number of likely N-dealkylation sites (tertiary alicyclic amines) is 1. The number of hydrogen-bond acceptors (Lipinski definition) is 2. The van der Waals surface area contributed by atoms with Crippen LogP contribution in [0.15, 0.2) is 0 Å². The van der Waals surface area contributed by atoms with Crippen molar-refractivity contribution in [2.24, 2.45) is 5.92 Å². The number of piperidine rings is 1. The summed E-state index contributed by atoms with van der Waals surface area (Å²) in [4.78, 5) is 2.45. The fourth-order valence-electron chi connectivity index (χ4n) is 2.88. The molecule has 1 heterocycles. The second-order valence-electron chi connectivity index (χ2n) is 5.16. The van der Waals surface area contributed by atoms with Crippen LogP contribution < -0.4 is 5.32 Å². The lowest BCUT2D eigenvalue weighted by Crippen LogP contribution is -2.45. The van der Waals surface area contributed by atoms with Crippen LogP contribution in [0.3, 0.4) is 0 Å². The van der Waals surface area contributed by atoms with E-state index in [2.05, 4.69) is 17.3 Å². The Balaban J connectivity index is 1.64. The second-order valence-corrected chi connectivity index (χ2v) is 5.16. The molecule has 2 fully saturated rings. The Morgan fingerprint density at radius 3 is 2.64 bits per heavy atom. The summed E-state index contributed by atoms with van der Waals surface area (Å²) in [6.07, 6.45) is 8.63. The zero-order chi connectivity index (χ0) is 9.80. The minimum atomic E-state index is 0.773. The second kappa shape index (κ2) is 5.13. The Bertz CT molecular complexity index is 164. The summed E-state index contributed by atoms with van der Waals surface area (Å²) in [6, 6.07) is 0.773. The van der Waals surface area contributed by atoms with Gasteiger partial charge in [-0.05, 0) is 51.7 Å². The fraction of sp³-hybridized carbons (Fsp3) is 1.00. The van der Waals surface area contributed by atoms with Gasteiger partial charge >= 0.3 is 0 Å². The van der Waals surface area contributed by atoms with Crippen molar-refractivity contribution in [1.29, 1.82) is 0 Å². The highest BCUT2D eigenvalue weighted by atomic mass is 15.1. The Hall–Kier alpha value is -0.0800. The predicted octanol–water partition coefficient (Wildman–Crippen LogP) is 1.86. The Morgan fingerprint density at radius 2 is 1.93 bits per heavy atom. The van der Waals surface area contributed by atoms with Gasteiger partial charge in [-0.3, -0.25) is 0 Å². The molecule has 1 atom stereocenters. The summed E-state index contributed by atoms with van der Waals surface area (Å²) in [7, 11) is 2.24. The van der Waals surface area contributed by atoms with Gasteiger partial charge in [-0.2, -0.15) is 0 Å². The van der Waals surface area contributed by atoms with Crippen molar-refractivity contribution >= 4 is 0 Å². The first-order chi connectivity index (χ1) is 6.84. The maximum Gasteiger partial charge on any atom is 0.0195 e. The first-order valence-corrected chi connectivity index (χ1v) is 6.26. The van der Waals surface area contributed by atoms with Gasteiger partial charge in [0, 0.05) is 12.6 Å². The summed E-state index contributed by atoms with van der Waals surface area (Å²) in [6.45, 7) is 3.83. The quantitative estimate of drug-likeness (QED) is 0.741. The van der Waals surface area contributed by atoms with E-state index in [-0.39, 0.29) is 0 Å². The lowest BCUT2D eigenvalue weighted by molar-refractivity contribution is 0.222. The molecule has 0 aromatic heterocycles. The molecule has 1 saturated heterocycles. The number of nitrogens with zero attached hydrogens (tertiary/aromatic N) is 1. The monoisotopic (exact) mass is 196 g/mol. The van der Waals surface area contributed by atoms with E-state index < -0.39 is 0 Å². The highest BCUT2D eigenvalue weighted by Crippen LogP contribution is 2.24. The normalized spacial score (nSPS) is 31.1. The predicted molar refractivity (Wildman–Crippen MR) is 60.5 cm³/mol. The first kappa shape index (κ1) is 10.4. The van der Waals surface area contributed by atoms with Crippen molar-refractivity contribution in [3.63, 3.8) is 0 Å². The molecule has 0 aromatic rings. The van der Waals surface area contributed by atoms with Crippen LogP contribution in [0.5, 0.6) is 0 Å². The average Bonchev–Trinajstić information content (AvgIpc) is 2.67. The van der Waals surface area contributed by atoms with Crippen LogP contribution in [0.1, 0.15) is 38.5 Å². The first-order valence-electron chi connectivity index (χ1n) is 6.26. The summed E-state index contributed by atoms with van der Waals surface area (Å²) in [5.74, 6) is 0.988. The van der Waals surface area contributed by atoms with E-state index in [1.807, 2.05) is 0 Å². The van der Waals surface area contributed by atoms with Crippen LogP contribution in [0.4, 0.5) is 0 Å². The molecule has 2 aliphatic rings. The van der Waals surface area contributed by atoms with Gasteiger partial charge in [0.15, 0.2) is 0 Å². The molecule has 2 rings (SSSR count). The molecule has 1 N–H and O–H groups in total. The molecule has 82 valence electrons.